The third-order valence-corrected chi connectivity index (χ3v) is 2.38. The molecule has 1 atom stereocenters. The van der Waals surface area contributed by atoms with E-state index in [-0.39, 0.29) is 5.54 Å². The lowest BCUT2D eigenvalue weighted by Crippen LogP contribution is -2.17. The molecule has 0 aliphatic heterocycles. The molecule has 0 amide bonds. The summed E-state index contributed by atoms with van der Waals surface area (Å²) in [7, 11) is 0. The maximum absolute atomic E-state index is 4.37. The summed E-state index contributed by atoms with van der Waals surface area (Å²) in [5.74, 6) is 0. The van der Waals surface area contributed by atoms with Gasteiger partial charge in [0, 0.05) is 0 Å². The second-order valence-corrected chi connectivity index (χ2v) is 3.88. The molecule has 76 valence electrons. The normalized spacial score (nSPS) is 24.9. The van der Waals surface area contributed by atoms with Crippen LogP contribution >= 0.6 is 0 Å². The van der Waals surface area contributed by atoms with Gasteiger partial charge in [0.2, 0.25) is 0 Å². The zero-order chi connectivity index (χ0) is 10.6. The van der Waals surface area contributed by atoms with Crippen LogP contribution in [0.1, 0.15) is 13.3 Å². The fraction of sp³-hybridized carbons (Fsp3) is 0.231. The van der Waals surface area contributed by atoms with E-state index in [0.717, 1.165) is 12.1 Å². The van der Waals surface area contributed by atoms with E-state index in [9.17, 15) is 0 Å². The van der Waals surface area contributed by atoms with Crippen molar-refractivity contribution in [1.29, 1.82) is 0 Å². The van der Waals surface area contributed by atoms with Crippen LogP contribution in [0, 0.1) is 0 Å². The largest absolute Gasteiger partial charge is 0.178 e. The van der Waals surface area contributed by atoms with Gasteiger partial charge in [-0.15, -0.1) is 0 Å². The van der Waals surface area contributed by atoms with Gasteiger partial charge in [-0.05, 0) is 25.5 Å². The SMILES string of the molecule is CC1(N=Nc2ccccc2)C=CC=CC1. The molecule has 0 spiro atoms. The molecule has 1 aliphatic rings. The van der Waals surface area contributed by atoms with Crippen LogP contribution in [0.3, 0.4) is 0 Å². The highest BCUT2D eigenvalue weighted by molar-refractivity contribution is 5.35. The highest BCUT2D eigenvalue weighted by Crippen LogP contribution is 2.24. The van der Waals surface area contributed by atoms with Crippen LogP contribution in [0.25, 0.3) is 0 Å². The molecule has 0 aromatic heterocycles. The van der Waals surface area contributed by atoms with Crippen molar-refractivity contribution in [2.24, 2.45) is 10.2 Å². The van der Waals surface area contributed by atoms with Crippen molar-refractivity contribution in [2.45, 2.75) is 18.9 Å². The number of rotatable bonds is 2. The van der Waals surface area contributed by atoms with Crippen molar-refractivity contribution in [2.75, 3.05) is 0 Å². The van der Waals surface area contributed by atoms with Gasteiger partial charge in [-0.25, -0.2) is 0 Å². The summed E-state index contributed by atoms with van der Waals surface area (Å²) < 4.78 is 0. The van der Waals surface area contributed by atoms with Crippen LogP contribution in [0.2, 0.25) is 0 Å². The standard InChI is InChI=1S/C13H14N2/c1-13(10-6-3-7-11-13)15-14-12-8-4-2-5-9-12/h2-10H,11H2,1H3. The monoisotopic (exact) mass is 198 g/mol. The van der Waals surface area contributed by atoms with Crippen molar-refractivity contribution in [3.63, 3.8) is 0 Å². The van der Waals surface area contributed by atoms with Gasteiger partial charge in [0.1, 0.15) is 5.54 Å². The van der Waals surface area contributed by atoms with E-state index in [0.29, 0.717) is 0 Å². The Morgan fingerprint density at radius 1 is 1.13 bits per heavy atom. The lowest BCUT2D eigenvalue weighted by molar-refractivity contribution is 0.562. The smallest absolute Gasteiger partial charge is 0.101 e. The van der Waals surface area contributed by atoms with Gasteiger partial charge in [-0.3, -0.25) is 0 Å². The molecule has 15 heavy (non-hydrogen) atoms. The summed E-state index contributed by atoms with van der Waals surface area (Å²) in [4.78, 5) is 0. The molecule has 2 heteroatoms. The summed E-state index contributed by atoms with van der Waals surface area (Å²) in [5.41, 5.74) is 0.728. The molecular weight excluding hydrogens is 184 g/mol. The first-order valence-corrected chi connectivity index (χ1v) is 5.11. The minimum Gasteiger partial charge on any atom is -0.178 e. The Labute approximate surface area is 90.0 Å². The van der Waals surface area contributed by atoms with Crippen molar-refractivity contribution < 1.29 is 0 Å². The van der Waals surface area contributed by atoms with Crippen LogP contribution < -0.4 is 0 Å². The van der Waals surface area contributed by atoms with Crippen molar-refractivity contribution in [3.8, 4) is 0 Å². The van der Waals surface area contributed by atoms with Crippen molar-refractivity contribution in [3.05, 3.63) is 54.6 Å². The van der Waals surface area contributed by atoms with E-state index in [4.69, 9.17) is 0 Å². The van der Waals surface area contributed by atoms with Gasteiger partial charge in [-0.2, -0.15) is 10.2 Å². The molecule has 0 saturated carbocycles. The highest BCUT2D eigenvalue weighted by Gasteiger charge is 2.19. The molecule has 1 unspecified atom stereocenters. The van der Waals surface area contributed by atoms with Gasteiger partial charge in [0.25, 0.3) is 0 Å². The zero-order valence-corrected chi connectivity index (χ0v) is 8.80. The second kappa shape index (κ2) is 4.22. The highest BCUT2D eigenvalue weighted by atomic mass is 15.1. The average Bonchev–Trinajstić information content (AvgIpc) is 2.29. The van der Waals surface area contributed by atoms with Gasteiger partial charge in [0.15, 0.2) is 0 Å². The van der Waals surface area contributed by atoms with Gasteiger partial charge in [0.05, 0.1) is 5.69 Å². The molecule has 2 rings (SSSR count). The fourth-order valence-electron chi connectivity index (χ4n) is 1.46. The average molecular weight is 198 g/mol. The van der Waals surface area contributed by atoms with Gasteiger partial charge in [-0.1, -0.05) is 42.5 Å². The number of allylic oxidation sites excluding steroid dienone is 2. The van der Waals surface area contributed by atoms with Crippen molar-refractivity contribution in [1.82, 2.24) is 0 Å². The van der Waals surface area contributed by atoms with Crippen LogP contribution in [0.5, 0.6) is 0 Å². The zero-order valence-electron chi connectivity index (χ0n) is 8.80. The maximum atomic E-state index is 4.37. The van der Waals surface area contributed by atoms with Gasteiger partial charge >= 0.3 is 0 Å². The fourth-order valence-corrected chi connectivity index (χ4v) is 1.46. The number of azo groups is 1. The molecule has 0 N–H and O–H groups in total. The Bertz CT molecular complexity index is 404. The second-order valence-electron chi connectivity index (χ2n) is 3.88. The first-order valence-electron chi connectivity index (χ1n) is 5.11. The maximum Gasteiger partial charge on any atom is 0.101 e. The molecule has 1 aromatic rings. The molecule has 0 fully saturated rings. The van der Waals surface area contributed by atoms with E-state index in [1.165, 1.54) is 0 Å². The summed E-state index contributed by atoms with van der Waals surface area (Å²) >= 11 is 0. The molecule has 1 aromatic carbocycles. The van der Waals surface area contributed by atoms with E-state index in [1.54, 1.807) is 0 Å². The predicted octanol–water partition coefficient (Wildman–Crippen LogP) is 4.05. The Morgan fingerprint density at radius 2 is 1.93 bits per heavy atom. The number of hydrogen-bond acceptors (Lipinski definition) is 2. The van der Waals surface area contributed by atoms with Crippen LogP contribution in [0.4, 0.5) is 5.69 Å². The summed E-state index contributed by atoms with van der Waals surface area (Å²) in [6, 6.07) is 9.81. The van der Waals surface area contributed by atoms with Crippen LogP contribution in [0.15, 0.2) is 64.9 Å². The molecule has 0 radical (unpaired) electrons. The Kier molecular flexibility index (Phi) is 2.77. The Balaban J connectivity index is 2.12. The minimum atomic E-state index is -0.176. The van der Waals surface area contributed by atoms with Crippen LogP contribution in [-0.4, -0.2) is 5.54 Å². The molecule has 0 saturated heterocycles. The lowest BCUT2D eigenvalue weighted by atomic mass is 9.95. The first-order chi connectivity index (χ1) is 7.29. The third kappa shape index (κ3) is 2.62. The topological polar surface area (TPSA) is 24.7 Å². The molecule has 0 bridgehead atoms. The summed E-state index contributed by atoms with van der Waals surface area (Å²) in [5, 5.41) is 8.61. The van der Waals surface area contributed by atoms with E-state index < -0.39 is 0 Å². The van der Waals surface area contributed by atoms with Gasteiger partial charge < -0.3 is 0 Å². The quantitative estimate of drug-likeness (QED) is 0.640. The first kappa shape index (κ1) is 9.84. The van der Waals surface area contributed by atoms with Crippen molar-refractivity contribution >= 4 is 5.69 Å². The Morgan fingerprint density at radius 3 is 2.60 bits per heavy atom. The third-order valence-electron chi connectivity index (χ3n) is 2.38. The minimum absolute atomic E-state index is 0.176. The van der Waals surface area contributed by atoms with Crippen LogP contribution in [-0.2, 0) is 0 Å². The molecular formula is C13H14N2. The molecule has 2 nitrogen and oxygen atoms in total. The number of nitrogens with zero attached hydrogens (tertiary/aromatic N) is 2. The lowest BCUT2D eigenvalue weighted by Gasteiger charge is -2.19. The molecule has 1 aliphatic carbocycles. The Hall–Kier alpha value is -1.70. The van der Waals surface area contributed by atoms with E-state index in [2.05, 4.69) is 29.3 Å². The molecule has 0 heterocycles. The summed E-state index contributed by atoms with van der Waals surface area (Å²) in [6.45, 7) is 2.08. The number of hydrogen-bond donors (Lipinski definition) is 0. The van der Waals surface area contributed by atoms with E-state index in [1.807, 2.05) is 42.5 Å². The van der Waals surface area contributed by atoms with E-state index >= 15 is 0 Å². The summed E-state index contributed by atoms with van der Waals surface area (Å²) in [6.07, 6.45) is 9.18. The number of benzene rings is 1. The predicted molar refractivity (Wildman–Crippen MR) is 62.3 cm³/mol.